The molecule has 0 aromatic carbocycles. The van der Waals surface area contributed by atoms with E-state index >= 15 is 0 Å². The minimum atomic E-state index is -1.12. The van der Waals surface area contributed by atoms with Crippen LogP contribution in [0.4, 0.5) is 4.79 Å². The Bertz CT molecular complexity index is 315. The Morgan fingerprint density at radius 1 is 1.50 bits per heavy atom. The Morgan fingerprint density at radius 3 is 2.44 bits per heavy atom. The van der Waals surface area contributed by atoms with Crippen LogP contribution in [0.2, 0.25) is 0 Å². The average Bonchev–Trinajstić information content (AvgIpc) is 2.46. The summed E-state index contributed by atoms with van der Waals surface area (Å²) in [6.45, 7) is 6.87. The minimum Gasteiger partial charge on any atom is -0.480 e. The summed E-state index contributed by atoms with van der Waals surface area (Å²) in [5, 5.41) is 8.95. The van der Waals surface area contributed by atoms with Crippen LogP contribution < -0.4 is 4.72 Å². The number of nitrogens with zero attached hydrogens (tertiary/aromatic N) is 1. The molecule has 2 N–H and O–H groups in total. The first-order chi connectivity index (χ1) is 7.14. The first-order valence-electron chi connectivity index (χ1n) is 4.82. The second-order valence-electron chi connectivity index (χ2n) is 4.85. The molecule has 1 amide bonds. The van der Waals surface area contributed by atoms with E-state index in [1.807, 2.05) is 0 Å². The summed E-state index contributed by atoms with van der Waals surface area (Å²) in [4.78, 5) is 22.5. The quantitative estimate of drug-likeness (QED) is 0.680. The van der Waals surface area contributed by atoms with E-state index in [-0.39, 0.29) is 6.54 Å². The van der Waals surface area contributed by atoms with Gasteiger partial charge in [-0.2, -0.15) is 0 Å². The number of ether oxygens (including phenoxy) is 1. The molecule has 1 saturated heterocycles. The van der Waals surface area contributed by atoms with Crippen LogP contribution in [0, 0.1) is 0 Å². The standard InChI is InChI=1S/C9H16N2O4S/c1-8(2,3)15-7(14)11-5-9(4,6(12)13)10-16-11/h10H,5H2,1-4H3,(H,12,13)/t9-/m0/s1. The summed E-state index contributed by atoms with van der Waals surface area (Å²) in [5.41, 5.74) is -1.71. The van der Waals surface area contributed by atoms with Gasteiger partial charge in [-0.15, -0.1) is 0 Å². The predicted molar refractivity (Wildman–Crippen MR) is 59.7 cm³/mol. The molecular formula is C9H16N2O4S. The Kier molecular flexibility index (Phi) is 3.39. The molecule has 0 aromatic rings. The Balaban J connectivity index is 2.60. The maximum absolute atomic E-state index is 11.6. The van der Waals surface area contributed by atoms with E-state index in [0.717, 1.165) is 12.1 Å². The third kappa shape index (κ3) is 3.02. The highest BCUT2D eigenvalue weighted by Gasteiger charge is 2.44. The zero-order valence-electron chi connectivity index (χ0n) is 9.73. The van der Waals surface area contributed by atoms with Crippen LogP contribution in [-0.2, 0) is 9.53 Å². The molecule has 1 heterocycles. The van der Waals surface area contributed by atoms with Crippen LogP contribution in [0.25, 0.3) is 0 Å². The van der Waals surface area contributed by atoms with Gasteiger partial charge in [-0.1, -0.05) is 0 Å². The van der Waals surface area contributed by atoms with Gasteiger partial charge >= 0.3 is 12.1 Å². The number of rotatable bonds is 1. The van der Waals surface area contributed by atoms with E-state index in [2.05, 4.69) is 4.72 Å². The topological polar surface area (TPSA) is 78.9 Å². The highest BCUT2D eigenvalue weighted by atomic mass is 32.2. The molecule has 1 atom stereocenters. The van der Waals surface area contributed by atoms with Crippen molar-refractivity contribution in [2.75, 3.05) is 6.54 Å². The molecule has 6 nitrogen and oxygen atoms in total. The molecule has 0 unspecified atom stereocenters. The number of hydrogen-bond donors (Lipinski definition) is 2. The minimum absolute atomic E-state index is 0.0713. The van der Waals surface area contributed by atoms with E-state index in [1.54, 1.807) is 20.8 Å². The number of amides is 1. The predicted octanol–water partition coefficient (Wildman–Crippen LogP) is 1.23. The molecule has 0 radical (unpaired) electrons. The SMILES string of the molecule is CC(C)(C)OC(=O)N1C[C@@](C)(C(=O)O)NS1. The van der Waals surface area contributed by atoms with Gasteiger partial charge in [-0.05, 0) is 27.7 Å². The zero-order chi connectivity index (χ0) is 12.6. The van der Waals surface area contributed by atoms with Crippen molar-refractivity contribution in [2.24, 2.45) is 0 Å². The van der Waals surface area contributed by atoms with Crippen molar-refractivity contribution in [3.05, 3.63) is 0 Å². The molecule has 0 spiro atoms. The number of hydrogen-bond acceptors (Lipinski definition) is 5. The van der Waals surface area contributed by atoms with Crippen LogP contribution in [0.15, 0.2) is 0 Å². The van der Waals surface area contributed by atoms with E-state index in [0.29, 0.717) is 0 Å². The summed E-state index contributed by atoms with van der Waals surface area (Å²) in [5.74, 6) is -0.994. The third-order valence-corrected chi connectivity index (χ3v) is 2.95. The Hall–Kier alpha value is -0.950. The lowest BCUT2D eigenvalue weighted by Gasteiger charge is -2.23. The summed E-state index contributed by atoms with van der Waals surface area (Å²) < 4.78 is 9.08. The van der Waals surface area contributed by atoms with Crippen LogP contribution in [0.1, 0.15) is 27.7 Å². The van der Waals surface area contributed by atoms with Gasteiger partial charge in [0, 0.05) is 12.1 Å². The monoisotopic (exact) mass is 248 g/mol. The van der Waals surface area contributed by atoms with E-state index in [9.17, 15) is 9.59 Å². The van der Waals surface area contributed by atoms with Gasteiger partial charge in [0.2, 0.25) is 0 Å². The lowest BCUT2D eigenvalue weighted by molar-refractivity contribution is -0.142. The van der Waals surface area contributed by atoms with Crippen molar-refractivity contribution in [2.45, 2.75) is 38.8 Å². The fraction of sp³-hybridized carbons (Fsp3) is 0.778. The number of carbonyl (C=O) groups excluding carboxylic acids is 1. The van der Waals surface area contributed by atoms with E-state index < -0.39 is 23.2 Å². The molecule has 0 aliphatic carbocycles. The Labute approximate surface area is 98.6 Å². The van der Waals surface area contributed by atoms with Crippen LogP contribution >= 0.6 is 12.1 Å². The largest absolute Gasteiger partial charge is 0.480 e. The molecule has 16 heavy (non-hydrogen) atoms. The van der Waals surface area contributed by atoms with E-state index in [4.69, 9.17) is 9.84 Å². The highest BCUT2D eigenvalue weighted by Crippen LogP contribution is 2.26. The number of carboxylic acids is 1. The molecule has 1 aliphatic heterocycles. The van der Waals surface area contributed by atoms with Crippen LogP contribution in [-0.4, -0.2) is 39.2 Å². The molecule has 1 rings (SSSR count). The molecule has 1 aliphatic rings. The second-order valence-corrected chi connectivity index (χ2v) is 5.68. The van der Waals surface area contributed by atoms with Crippen molar-refractivity contribution in [3.63, 3.8) is 0 Å². The number of carbonyl (C=O) groups is 2. The molecule has 0 bridgehead atoms. The maximum atomic E-state index is 11.6. The first kappa shape index (κ1) is 13.1. The Morgan fingerprint density at radius 2 is 2.06 bits per heavy atom. The second kappa shape index (κ2) is 4.14. The van der Waals surface area contributed by atoms with Gasteiger partial charge in [0.05, 0.1) is 6.54 Å². The van der Waals surface area contributed by atoms with Gasteiger partial charge in [0.25, 0.3) is 0 Å². The van der Waals surface area contributed by atoms with Crippen molar-refractivity contribution < 1.29 is 19.4 Å². The molecule has 92 valence electrons. The van der Waals surface area contributed by atoms with Crippen molar-refractivity contribution in [1.29, 1.82) is 0 Å². The fourth-order valence-corrected chi connectivity index (χ4v) is 1.93. The van der Waals surface area contributed by atoms with E-state index in [1.165, 1.54) is 11.2 Å². The number of aliphatic carboxylic acids is 1. The smallest absolute Gasteiger partial charge is 0.421 e. The highest BCUT2D eigenvalue weighted by molar-refractivity contribution is 7.95. The first-order valence-corrected chi connectivity index (χ1v) is 5.59. The van der Waals surface area contributed by atoms with Crippen molar-refractivity contribution in [1.82, 2.24) is 9.03 Å². The van der Waals surface area contributed by atoms with Crippen LogP contribution in [0.5, 0.6) is 0 Å². The molecular weight excluding hydrogens is 232 g/mol. The van der Waals surface area contributed by atoms with Gasteiger partial charge in [0.15, 0.2) is 0 Å². The zero-order valence-corrected chi connectivity index (χ0v) is 10.6. The summed E-state index contributed by atoms with van der Waals surface area (Å²) in [7, 11) is 0. The van der Waals surface area contributed by atoms with Crippen LogP contribution in [0.3, 0.4) is 0 Å². The average molecular weight is 248 g/mol. The van der Waals surface area contributed by atoms with Gasteiger partial charge in [0.1, 0.15) is 11.1 Å². The van der Waals surface area contributed by atoms with Gasteiger partial charge < -0.3 is 9.84 Å². The fourth-order valence-electron chi connectivity index (χ4n) is 1.03. The number of carboxylic acid groups (broad SMARTS) is 1. The summed E-state index contributed by atoms with van der Waals surface area (Å²) >= 11 is 0.954. The van der Waals surface area contributed by atoms with Gasteiger partial charge in [-0.3, -0.25) is 4.79 Å². The van der Waals surface area contributed by atoms with Crippen molar-refractivity contribution in [3.8, 4) is 0 Å². The summed E-state index contributed by atoms with van der Waals surface area (Å²) in [6, 6.07) is 0. The maximum Gasteiger partial charge on any atom is 0.421 e. The van der Waals surface area contributed by atoms with Gasteiger partial charge in [-0.25, -0.2) is 13.8 Å². The molecule has 0 aromatic heterocycles. The number of nitrogens with one attached hydrogen (secondary N) is 1. The molecule has 0 saturated carbocycles. The lowest BCUT2D eigenvalue weighted by Crippen LogP contribution is -2.47. The normalized spacial score (nSPS) is 25.6. The molecule has 7 heteroatoms. The molecule has 1 fully saturated rings. The lowest BCUT2D eigenvalue weighted by atomic mass is 10.1. The summed E-state index contributed by atoms with van der Waals surface area (Å²) in [6.07, 6.45) is -0.532. The third-order valence-electron chi connectivity index (χ3n) is 1.91. The van der Waals surface area contributed by atoms with Crippen molar-refractivity contribution >= 4 is 24.2 Å².